The van der Waals surface area contributed by atoms with Crippen molar-refractivity contribution in [3.8, 4) is 35.4 Å². The predicted molar refractivity (Wildman–Crippen MR) is 293 cm³/mol. The zero-order chi connectivity index (χ0) is 55.0. The van der Waals surface area contributed by atoms with Gasteiger partial charge < -0.3 is 45.6 Å². The minimum atomic E-state index is -0.798. The summed E-state index contributed by atoms with van der Waals surface area (Å²) in [5.74, 6) is 0.550. The second-order valence-corrected chi connectivity index (χ2v) is 20.2. The average molecular weight is 1060 g/mol. The number of anilines is 2. The molecule has 77 heavy (non-hydrogen) atoms. The van der Waals surface area contributed by atoms with E-state index in [4.69, 9.17) is 20.9 Å². The van der Waals surface area contributed by atoms with Gasteiger partial charge in [0.1, 0.15) is 47.9 Å². The Morgan fingerprint density at radius 2 is 1.84 bits per heavy atom. The molecule has 4 saturated heterocycles. The maximum absolute atomic E-state index is 17.2. The number of aromatic hydroxyl groups is 1. The van der Waals surface area contributed by atoms with Gasteiger partial charge in [-0.15, -0.1) is 19.6 Å². The highest BCUT2D eigenvalue weighted by molar-refractivity contribution is 6.07. The molecule has 6 heterocycles. The lowest BCUT2D eigenvalue weighted by Gasteiger charge is -2.35. The number of aromatic nitrogens is 3. The smallest absolute Gasteiger partial charge is 0.407 e. The van der Waals surface area contributed by atoms with Crippen LogP contribution in [0.25, 0.3) is 32.9 Å². The van der Waals surface area contributed by atoms with Crippen molar-refractivity contribution in [1.82, 2.24) is 40.7 Å². The summed E-state index contributed by atoms with van der Waals surface area (Å²) in [6.07, 6.45) is 14.8. The van der Waals surface area contributed by atoms with Gasteiger partial charge in [0, 0.05) is 93.3 Å². The standard InChI is InChI=1S/C56H64F2N10O7.C2H4/c1-6-12-45(52(71)59-4)66(5)53(72)47-35(30-69)13-11-14-44(47)60-21-9-8-10-22-61-55(73)74-31-38-19-20-56(25-33(3)27-68(38)56)32-75-54-64-50-42(51(65-54)67-28-36-16-17-37(29-67)63-36)26-62-49(48(50)58)41-24-39(70)23-34-15-18-43(57)40(7-2)46(34)41;1-2/h2,11,13-15,18,23-24,26,30,36-38,45,60,63,70H,3,6,8-10,12,16-17,19-22,25,27-29,31-32H2,1,4-5H3,(H,59,71)(H,61,73);1-2H2/t36?,37?,38-,45?,56-;/m0./s1. The molecular weight excluding hydrogens is 987 g/mol. The molecule has 406 valence electrons. The predicted octanol–water partition coefficient (Wildman–Crippen LogP) is 7.90. The van der Waals surface area contributed by atoms with E-state index in [0.29, 0.717) is 87.0 Å². The van der Waals surface area contributed by atoms with Crippen molar-refractivity contribution in [3.63, 3.8) is 0 Å². The van der Waals surface area contributed by atoms with Crippen LogP contribution in [-0.2, 0) is 9.53 Å². The lowest BCUT2D eigenvalue weighted by Crippen LogP contribution is -2.51. The number of nitrogens with one attached hydrogen (secondary N) is 4. The van der Waals surface area contributed by atoms with Gasteiger partial charge in [0.25, 0.3) is 5.91 Å². The number of aldehydes is 1. The van der Waals surface area contributed by atoms with Crippen LogP contribution in [0.2, 0.25) is 0 Å². The lowest BCUT2D eigenvalue weighted by atomic mass is 9.94. The Morgan fingerprint density at radius 3 is 2.57 bits per heavy atom. The van der Waals surface area contributed by atoms with Crippen molar-refractivity contribution in [2.45, 2.75) is 101 Å². The normalized spacial score (nSPS) is 19.9. The minimum absolute atomic E-state index is 0.0213. The van der Waals surface area contributed by atoms with Gasteiger partial charge in [-0.2, -0.15) is 9.97 Å². The topological polar surface area (TPSA) is 203 Å². The van der Waals surface area contributed by atoms with Crippen molar-refractivity contribution >= 4 is 57.4 Å². The zero-order valence-corrected chi connectivity index (χ0v) is 44.1. The number of amides is 3. The van der Waals surface area contributed by atoms with E-state index in [1.54, 1.807) is 25.2 Å². The molecule has 3 unspecified atom stereocenters. The van der Waals surface area contributed by atoms with Crippen LogP contribution in [0.5, 0.6) is 11.8 Å². The first kappa shape index (κ1) is 55.5. The summed E-state index contributed by atoms with van der Waals surface area (Å²) >= 11 is 0. The summed E-state index contributed by atoms with van der Waals surface area (Å²) < 4.78 is 44.6. The molecule has 0 saturated carbocycles. The number of nitrogens with zero attached hydrogens (tertiary/aromatic N) is 6. The molecule has 17 nitrogen and oxygen atoms in total. The number of hydrogen-bond acceptors (Lipinski definition) is 14. The fourth-order valence-electron chi connectivity index (χ4n) is 11.6. The molecule has 4 aliphatic heterocycles. The van der Waals surface area contributed by atoms with Crippen molar-refractivity contribution in [3.05, 3.63) is 102 Å². The maximum Gasteiger partial charge on any atom is 0.407 e. The number of phenolic OH excluding ortho intramolecular Hbond substituents is 1. The number of carbonyl (C=O) groups excluding carboxylic acids is 4. The number of unbranched alkanes of at least 4 members (excludes halogenated alkanes) is 2. The number of pyridine rings is 1. The van der Waals surface area contributed by atoms with Gasteiger partial charge in [-0.05, 0) is 87.4 Å². The average Bonchev–Trinajstić information content (AvgIpc) is 4.09. The Morgan fingerprint density at radius 1 is 1.08 bits per heavy atom. The fraction of sp³-hybridized carbons (Fsp3) is 0.431. The van der Waals surface area contributed by atoms with Crippen LogP contribution in [0.1, 0.15) is 97.4 Å². The Bertz CT molecular complexity index is 3080. The van der Waals surface area contributed by atoms with Crippen LogP contribution in [0.15, 0.2) is 74.0 Å². The molecule has 2 bridgehead atoms. The number of alkyl carbamates (subject to hydrolysis) is 1. The highest BCUT2D eigenvalue weighted by Crippen LogP contribution is 2.45. The van der Waals surface area contributed by atoms with Crippen LogP contribution in [0, 0.1) is 24.0 Å². The number of hydrogen-bond donors (Lipinski definition) is 5. The monoisotopic (exact) mass is 1050 g/mol. The maximum atomic E-state index is 17.2. The number of likely N-dealkylation sites (N-methyl/N-ethyl adjacent to an activating group) is 2. The quantitative estimate of drug-likeness (QED) is 0.0218. The third-order valence-corrected chi connectivity index (χ3v) is 15.2. The van der Waals surface area contributed by atoms with E-state index in [1.807, 2.05) is 6.92 Å². The van der Waals surface area contributed by atoms with E-state index in [9.17, 15) is 24.3 Å². The van der Waals surface area contributed by atoms with Gasteiger partial charge in [-0.1, -0.05) is 49.6 Å². The van der Waals surface area contributed by atoms with Gasteiger partial charge in [0.2, 0.25) is 5.91 Å². The number of phenols is 1. The first-order chi connectivity index (χ1) is 37.3. The van der Waals surface area contributed by atoms with E-state index in [2.05, 4.69) is 66.7 Å². The molecule has 3 aromatic carbocycles. The number of benzene rings is 3. The molecule has 3 amide bonds. The number of ether oxygens (including phenoxy) is 2. The van der Waals surface area contributed by atoms with Crippen molar-refractivity contribution < 1.29 is 42.5 Å². The molecule has 4 aliphatic rings. The van der Waals surface area contributed by atoms with E-state index in [1.165, 1.54) is 42.4 Å². The van der Waals surface area contributed by atoms with E-state index >= 15 is 8.78 Å². The number of terminal acetylenes is 1. The third kappa shape index (κ3) is 11.7. The van der Waals surface area contributed by atoms with Crippen molar-refractivity contribution in [1.29, 1.82) is 0 Å². The van der Waals surface area contributed by atoms with Gasteiger partial charge in [-0.25, -0.2) is 13.6 Å². The van der Waals surface area contributed by atoms with Crippen LogP contribution >= 0.6 is 0 Å². The largest absolute Gasteiger partial charge is 0.508 e. The zero-order valence-electron chi connectivity index (χ0n) is 44.1. The van der Waals surface area contributed by atoms with Crippen LogP contribution in [-0.4, -0.2) is 144 Å². The second-order valence-electron chi connectivity index (χ2n) is 20.2. The molecule has 0 spiro atoms. The highest BCUT2D eigenvalue weighted by atomic mass is 19.1. The molecule has 2 aromatic heterocycles. The van der Waals surface area contributed by atoms with Gasteiger partial charge in [-0.3, -0.25) is 24.3 Å². The molecule has 9 rings (SSSR count). The number of halogens is 2. The molecule has 4 fully saturated rings. The molecule has 5 aromatic rings. The highest BCUT2D eigenvalue weighted by Gasteiger charge is 2.51. The summed E-state index contributed by atoms with van der Waals surface area (Å²) in [5.41, 5.74) is 1.30. The van der Waals surface area contributed by atoms with Gasteiger partial charge >= 0.3 is 12.1 Å². The SMILES string of the molecule is C#Cc1c(F)ccc2cc(O)cc(-c3ncc4c(N5CC6CCC(C5)N6)nc(OC[C@@]56CC[C@@H](COC(=O)NCCCCCNc7cccc(C=O)c7C(=O)N(C)C(CCC)C(=O)NC)N5CC(=C)C6)nc4c3F)c12.C=C. The third-order valence-electron chi connectivity index (χ3n) is 15.2. The Balaban J connectivity index is 0.00000387. The van der Waals surface area contributed by atoms with Crippen LogP contribution in [0.3, 0.4) is 0 Å². The van der Waals surface area contributed by atoms with Crippen LogP contribution in [0.4, 0.5) is 25.1 Å². The van der Waals surface area contributed by atoms with Crippen LogP contribution < -0.4 is 30.9 Å². The Kier molecular flexibility index (Phi) is 17.7. The van der Waals surface area contributed by atoms with Gasteiger partial charge in [0.05, 0.1) is 22.1 Å². The van der Waals surface area contributed by atoms with E-state index < -0.39 is 35.2 Å². The summed E-state index contributed by atoms with van der Waals surface area (Å²) in [6.45, 7) is 15.3. The summed E-state index contributed by atoms with van der Waals surface area (Å²) in [6, 6.07) is 10.1. The lowest BCUT2D eigenvalue weighted by molar-refractivity contribution is -0.125. The van der Waals surface area contributed by atoms with E-state index in [-0.39, 0.29) is 87.9 Å². The van der Waals surface area contributed by atoms with Gasteiger partial charge in [0.15, 0.2) is 12.1 Å². The molecule has 0 radical (unpaired) electrons. The minimum Gasteiger partial charge on any atom is -0.508 e. The van der Waals surface area contributed by atoms with Crippen molar-refractivity contribution in [2.75, 3.05) is 70.2 Å². The summed E-state index contributed by atoms with van der Waals surface area (Å²) in [5, 5.41) is 24.2. The number of rotatable bonds is 20. The molecule has 0 aliphatic carbocycles. The molecular formula is C58H68F2N10O7. The number of fused-ring (bicyclic) bond motifs is 5. The number of carbonyl (C=O) groups is 4. The first-order valence-corrected chi connectivity index (χ1v) is 26.3. The molecule has 5 N–H and O–H groups in total. The molecule has 19 heteroatoms. The Hall–Kier alpha value is -7.69. The number of piperazine rings is 1. The van der Waals surface area contributed by atoms with Crippen molar-refractivity contribution in [2.24, 2.45) is 0 Å². The first-order valence-electron chi connectivity index (χ1n) is 26.3. The summed E-state index contributed by atoms with van der Waals surface area (Å²) in [4.78, 5) is 71.2. The second kappa shape index (κ2) is 24.5. The van der Waals surface area contributed by atoms with E-state index in [0.717, 1.165) is 44.1 Å². The summed E-state index contributed by atoms with van der Waals surface area (Å²) in [7, 11) is 3.10. The Labute approximate surface area is 447 Å². The molecule has 5 atom stereocenters. The fourth-order valence-corrected chi connectivity index (χ4v) is 11.6.